The van der Waals surface area contributed by atoms with Gasteiger partial charge in [-0.15, -0.1) is 11.3 Å². The molecule has 2 aliphatic rings. The van der Waals surface area contributed by atoms with Crippen LogP contribution in [0.25, 0.3) is 0 Å². The molecule has 3 nitrogen and oxygen atoms in total. The maximum absolute atomic E-state index is 4.48. The largest absolute Gasteiger partial charge is 0.363 e. The highest BCUT2D eigenvalue weighted by atomic mass is 32.1. The molecule has 1 unspecified atom stereocenters. The number of benzene rings is 1. The van der Waals surface area contributed by atoms with Crippen molar-refractivity contribution in [3.8, 4) is 0 Å². The molecule has 0 bridgehead atoms. The first-order valence-electron chi connectivity index (χ1n) is 7.71. The minimum Gasteiger partial charge on any atom is -0.363 e. The highest BCUT2D eigenvalue weighted by molar-refractivity contribution is 7.09. The maximum Gasteiger partial charge on any atom is 0.112 e. The molecular weight excluding hydrogens is 278 g/mol. The Hall–Kier alpha value is -1.39. The summed E-state index contributed by atoms with van der Waals surface area (Å²) in [5.41, 5.74) is 2.99. The zero-order valence-electron chi connectivity index (χ0n) is 12.4. The summed E-state index contributed by atoms with van der Waals surface area (Å²) in [5, 5.41) is 7.09. The Labute approximate surface area is 130 Å². The van der Waals surface area contributed by atoms with E-state index in [1.54, 1.807) is 11.3 Å². The molecule has 0 spiro atoms. The molecule has 2 aromatic rings. The molecule has 0 saturated heterocycles. The first-order valence-corrected chi connectivity index (χ1v) is 8.59. The van der Waals surface area contributed by atoms with Gasteiger partial charge >= 0.3 is 0 Å². The van der Waals surface area contributed by atoms with Crippen molar-refractivity contribution < 1.29 is 0 Å². The van der Waals surface area contributed by atoms with Gasteiger partial charge < -0.3 is 10.2 Å². The lowest BCUT2D eigenvalue weighted by Crippen LogP contribution is -2.51. The molecule has 1 aliphatic carbocycles. The topological polar surface area (TPSA) is 28.2 Å². The van der Waals surface area contributed by atoms with Crippen molar-refractivity contribution in [2.75, 3.05) is 11.4 Å². The lowest BCUT2D eigenvalue weighted by Gasteiger charge is -2.35. The molecule has 1 atom stereocenters. The van der Waals surface area contributed by atoms with Gasteiger partial charge in [-0.25, -0.2) is 4.98 Å². The number of hydrogen-bond acceptors (Lipinski definition) is 4. The van der Waals surface area contributed by atoms with Gasteiger partial charge in [0.2, 0.25) is 0 Å². The zero-order chi connectivity index (χ0) is 14.3. The summed E-state index contributed by atoms with van der Waals surface area (Å²) in [7, 11) is 0. The van der Waals surface area contributed by atoms with Crippen LogP contribution in [0.15, 0.2) is 35.8 Å². The number of nitrogens with zero attached hydrogens (tertiary/aromatic N) is 2. The summed E-state index contributed by atoms with van der Waals surface area (Å²) in [6.07, 6.45) is 4.64. The van der Waals surface area contributed by atoms with E-state index in [4.69, 9.17) is 0 Å². The summed E-state index contributed by atoms with van der Waals surface area (Å²) in [4.78, 5) is 7.00. The number of nitrogens with one attached hydrogen (secondary N) is 1. The number of hydrogen-bond donors (Lipinski definition) is 1. The molecule has 0 radical (unpaired) electrons. The van der Waals surface area contributed by atoms with Crippen LogP contribution < -0.4 is 10.2 Å². The third-order valence-corrected chi connectivity index (χ3v) is 5.59. The van der Waals surface area contributed by atoms with Crippen molar-refractivity contribution in [2.24, 2.45) is 5.92 Å². The van der Waals surface area contributed by atoms with Crippen molar-refractivity contribution in [1.82, 2.24) is 10.3 Å². The second-order valence-corrected chi connectivity index (χ2v) is 7.44. The van der Waals surface area contributed by atoms with E-state index in [-0.39, 0.29) is 5.54 Å². The van der Waals surface area contributed by atoms with Gasteiger partial charge in [-0.3, -0.25) is 0 Å². The van der Waals surface area contributed by atoms with Gasteiger partial charge in [0.15, 0.2) is 0 Å². The fourth-order valence-corrected chi connectivity index (χ4v) is 4.06. The van der Waals surface area contributed by atoms with E-state index in [2.05, 4.69) is 51.8 Å². The summed E-state index contributed by atoms with van der Waals surface area (Å²) in [6, 6.07) is 8.79. The first-order chi connectivity index (χ1) is 10.2. The van der Waals surface area contributed by atoms with E-state index in [0.29, 0.717) is 0 Å². The highest BCUT2D eigenvalue weighted by Crippen LogP contribution is 2.42. The third-order valence-electron chi connectivity index (χ3n) is 4.82. The van der Waals surface area contributed by atoms with Gasteiger partial charge in [0, 0.05) is 35.9 Å². The molecule has 1 saturated carbocycles. The van der Waals surface area contributed by atoms with Gasteiger partial charge in [-0.1, -0.05) is 18.2 Å². The molecule has 1 fully saturated rings. The number of anilines is 1. The third kappa shape index (κ3) is 2.58. The van der Waals surface area contributed by atoms with E-state index in [1.165, 1.54) is 29.1 Å². The van der Waals surface area contributed by atoms with Crippen LogP contribution in [0.1, 0.15) is 30.3 Å². The predicted molar refractivity (Wildman–Crippen MR) is 87.6 cm³/mol. The van der Waals surface area contributed by atoms with Crippen molar-refractivity contribution >= 4 is 17.0 Å². The van der Waals surface area contributed by atoms with Gasteiger partial charge in [-0.05, 0) is 37.3 Å². The average Bonchev–Trinajstić information content (AvgIpc) is 3.26. The van der Waals surface area contributed by atoms with Crippen molar-refractivity contribution in [3.63, 3.8) is 0 Å². The summed E-state index contributed by atoms with van der Waals surface area (Å²) >= 11 is 1.75. The van der Waals surface area contributed by atoms with Crippen LogP contribution in [0.3, 0.4) is 0 Å². The molecule has 2 heterocycles. The Bertz CT molecular complexity index is 621. The molecule has 1 aromatic heterocycles. The molecular formula is C17H21N3S. The summed E-state index contributed by atoms with van der Waals surface area (Å²) < 4.78 is 0. The van der Waals surface area contributed by atoms with Crippen molar-refractivity contribution in [2.45, 2.75) is 38.4 Å². The molecule has 4 heteroatoms. The lowest BCUT2D eigenvalue weighted by molar-refractivity contribution is 0.316. The lowest BCUT2D eigenvalue weighted by atomic mass is 9.95. The van der Waals surface area contributed by atoms with Crippen LogP contribution in [-0.2, 0) is 13.1 Å². The van der Waals surface area contributed by atoms with E-state index in [1.807, 2.05) is 6.20 Å². The van der Waals surface area contributed by atoms with Crippen LogP contribution in [0, 0.1) is 5.92 Å². The van der Waals surface area contributed by atoms with Crippen molar-refractivity contribution in [3.05, 3.63) is 46.4 Å². The first kappa shape index (κ1) is 13.3. The van der Waals surface area contributed by atoms with E-state index < -0.39 is 0 Å². The summed E-state index contributed by atoms with van der Waals surface area (Å²) in [6.45, 7) is 5.34. The number of aromatic nitrogens is 1. The molecule has 0 amide bonds. The molecule has 1 aliphatic heterocycles. The van der Waals surface area contributed by atoms with E-state index in [9.17, 15) is 0 Å². The summed E-state index contributed by atoms with van der Waals surface area (Å²) in [5.74, 6) is 0.825. The second kappa shape index (κ2) is 5.11. The fraction of sp³-hybridized carbons (Fsp3) is 0.471. The molecule has 21 heavy (non-hydrogen) atoms. The Morgan fingerprint density at radius 1 is 1.38 bits per heavy atom. The number of fused-ring (bicyclic) bond motifs is 1. The average molecular weight is 299 g/mol. The number of thiazole rings is 1. The normalized spacial score (nSPS) is 25.5. The van der Waals surface area contributed by atoms with Gasteiger partial charge in [0.25, 0.3) is 0 Å². The van der Waals surface area contributed by atoms with E-state index in [0.717, 1.165) is 25.6 Å². The quantitative estimate of drug-likeness (QED) is 0.941. The van der Waals surface area contributed by atoms with E-state index >= 15 is 0 Å². The molecule has 4 rings (SSSR count). The van der Waals surface area contributed by atoms with Crippen LogP contribution in [0.2, 0.25) is 0 Å². The Morgan fingerprint density at radius 2 is 2.24 bits per heavy atom. The predicted octanol–water partition coefficient (Wildman–Crippen LogP) is 3.42. The van der Waals surface area contributed by atoms with Gasteiger partial charge in [-0.2, -0.15) is 0 Å². The van der Waals surface area contributed by atoms with Crippen LogP contribution >= 0.6 is 11.3 Å². The second-order valence-electron chi connectivity index (χ2n) is 6.46. The standard InChI is InChI=1S/C17H21N3S/c1-17(14-6-7-14)12-20(11-16-18-8-9-21-16)15-5-3-2-4-13(15)10-19-17/h2-5,8-9,14,19H,6-7,10-12H2,1H3. The van der Waals surface area contributed by atoms with Gasteiger partial charge in [0.05, 0.1) is 6.54 Å². The van der Waals surface area contributed by atoms with Gasteiger partial charge in [0.1, 0.15) is 5.01 Å². The SMILES string of the molecule is CC1(C2CC2)CN(Cc2nccs2)c2ccccc2CN1. The molecule has 110 valence electrons. The zero-order valence-corrected chi connectivity index (χ0v) is 13.2. The number of para-hydroxylation sites is 1. The minimum absolute atomic E-state index is 0.219. The Kier molecular flexibility index (Phi) is 3.23. The number of rotatable bonds is 3. The molecule has 1 N–H and O–H groups in total. The van der Waals surface area contributed by atoms with Crippen LogP contribution in [0.5, 0.6) is 0 Å². The van der Waals surface area contributed by atoms with Crippen molar-refractivity contribution in [1.29, 1.82) is 0 Å². The molecule has 1 aromatic carbocycles. The fourth-order valence-electron chi connectivity index (χ4n) is 3.43. The highest BCUT2D eigenvalue weighted by Gasteiger charge is 2.43. The van der Waals surface area contributed by atoms with Crippen LogP contribution in [-0.4, -0.2) is 17.1 Å². The smallest absolute Gasteiger partial charge is 0.112 e. The Morgan fingerprint density at radius 3 is 3.00 bits per heavy atom. The minimum atomic E-state index is 0.219. The maximum atomic E-state index is 4.48. The van der Waals surface area contributed by atoms with Crippen LogP contribution in [0.4, 0.5) is 5.69 Å². The Balaban J connectivity index is 1.68. The monoisotopic (exact) mass is 299 g/mol.